The summed E-state index contributed by atoms with van der Waals surface area (Å²) in [6, 6.07) is 18.1. The summed E-state index contributed by atoms with van der Waals surface area (Å²) in [5.41, 5.74) is 1.63. The van der Waals surface area contributed by atoms with E-state index in [0.29, 0.717) is 38.8 Å². The number of hydrogen-bond acceptors (Lipinski definition) is 9. The molecule has 2 aromatic rings. The minimum Gasteiger partial charge on any atom is -0.459 e. The van der Waals surface area contributed by atoms with E-state index in [9.17, 15) is 14.4 Å². The Kier molecular flexibility index (Phi) is 13.8. The molecule has 2 amide bonds. The number of hydrogen-bond donors (Lipinski definition) is 1. The summed E-state index contributed by atoms with van der Waals surface area (Å²) in [6.07, 6.45) is -1.38. The molecule has 0 radical (unpaired) electrons. The summed E-state index contributed by atoms with van der Waals surface area (Å²) < 4.78 is 34.1. The molecule has 11 nitrogen and oxygen atoms in total. The molecule has 1 heterocycles. The van der Waals surface area contributed by atoms with Gasteiger partial charge in [0, 0.05) is 38.8 Å². The van der Waals surface area contributed by atoms with E-state index in [2.05, 4.69) is 5.32 Å². The molecule has 0 bridgehead atoms. The van der Waals surface area contributed by atoms with Crippen LogP contribution in [0.4, 0.5) is 9.59 Å². The first-order valence-corrected chi connectivity index (χ1v) is 16.4. The number of ether oxygens (including phenoxy) is 3. The summed E-state index contributed by atoms with van der Waals surface area (Å²) >= 11 is 0. The van der Waals surface area contributed by atoms with Crippen molar-refractivity contribution in [2.75, 3.05) is 32.9 Å². The first-order chi connectivity index (χ1) is 20.4. The normalized spacial score (nSPS) is 16.6. The average molecular weight is 603 g/mol. The maximum atomic E-state index is 13.0. The van der Waals surface area contributed by atoms with Crippen LogP contribution in [0, 0.1) is 0 Å². The second kappa shape index (κ2) is 17.5. The summed E-state index contributed by atoms with van der Waals surface area (Å²) in [5.74, 6) is -0.592. The van der Waals surface area contributed by atoms with Gasteiger partial charge in [0.05, 0.1) is 6.54 Å². The van der Waals surface area contributed by atoms with E-state index in [1.807, 2.05) is 81.4 Å². The molecular formula is C30H42N2O9Si. The number of carbonyl (C=O) groups excluding carboxylic acids is 3. The molecule has 12 heteroatoms. The van der Waals surface area contributed by atoms with Crippen molar-refractivity contribution in [2.45, 2.75) is 65.0 Å². The summed E-state index contributed by atoms with van der Waals surface area (Å²) in [7, 11) is -2.81. The zero-order valence-electron chi connectivity index (χ0n) is 24.6. The van der Waals surface area contributed by atoms with Crippen molar-refractivity contribution in [3.63, 3.8) is 0 Å². The Bertz CT molecular complexity index is 1030. The first-order valence-electron chi connectivity index (χ1n) is 14.4. The van der Waals surface area contributed by atoms with Crippen LogP contribution in [0.2, 0.25) is 6.04 Å². The zero-order valence-corrected chi connectivity index (χ0v) is 25.6. The van der Waals surface area contributed by atoms with E-state index in [1.165, 1.54) is 4.90 Å². The van der Waals surface area contributed by atoms with Crippen LogP contribution >= 0.6 is 0 Å². The lowest BCUT2D eigenvalue weighted by atomic mass is 10.2. The lowest BCUT2D eigenvalue weighted by molar-refractivity contribution is -0.149. The number of amides is 2. The Morgan fingerprint density at radius 2 is 1.38 bits per heavy atom. The van der Waals surface area contributed by atoms with Crippen molar-refractivity contribution in [2.24, 2.45) is 0 Å². The maximum Gasteiger partial charge on any atom is 0.500 e. The van der Waals surface area contributed by atoms with Gasteiger partial charge in [0.25, 0.3) is 0 Å². The summed E-state index contributed by atoms with van der Waals surface area (Å²) in [6.45, 7) is 7.52. The van der Waals surface area contributed by atoms with Gasteiger partial charge in [0.1, 0.15) is 25.4 Å². The molecule has 2 aromatic carbocycles. The molecule has 0 unspecified atom stereocenters. The number of alkyl carbamates (subject to hydrolysis) is 1. The molecule has 1 saturated heterocycles. The highest BCUT2D eigenvalue weighted by molar-refractivity contribution is 6.60. The van der Waals surface area contributed by atoms with Gasteiger partial charge in [-0.15, -0.1) is 0 Å². The van der Waals surface area contributed by atoms with Crippen molar-refractivity contribution < 1.29 is 41.9 Å². The number of esters is 1. The predicted molar refractivity (Wildman–Crippen MR) is 156 cm³/mol. The molecule has 230 valence electrons. The number of nitrogens with zero attached hydrogens (tertiary/aromatic N) is 1. The van der Waals surface area contributed by atoms with E-state index < -0.39 is 39.1 Å². The van der Waals surface area contributed by atoms with Crippen LogP contribution in [-0.2, 0) is 45.5 Å². The fourth-order valence-corrected chi connectivity index (χ4v) is 7.24. The highest BCUT2D eigenvalue weighted by Crippen LogP contribution is 2.24. The number of nitrogens with one attached hydrogen (secondary N) is 1. The fraction of sp³-hybridized carbons (Fsp3) is 0.500. The molecule has 1 aliphatic heterocycles. The standard InChI is InChI=1S/C30H42N2O9Si/c1-4-38-42(39-5-2,40-6-3)19-13-18-31-29(34)41-26-20-27(28(33)36-22-24-14-9-7-10-15-24)32(21-26)30(35)37-23-25-16-11-8-12-17-25/h7-12,14-17,26-27H,4-6,13,18-23H2,1-3H3,(H,31,34)/t26-,27+/m1/s1. The molecule has 1 N–H and O–H groups in total. The second-order valence-corrected chi connectivity index (χ2v) is 12.3. The molecule has 0 aromatic heterocycles. The van der Waals surface area contributed by atoms with E-state index >= 15 is 0 Å². The van der Waals surface area contributed by atoms with Gasteiger partial charge < -0.3 is 32.8 Å². The number of likely N-dealkylation sites (tertiary alicyclic amines) is 1. The smallest absolute Gasteiger partial charge is 0.459 e. The zero-order chi connectivity index (χ0) is 30.2. The lowest BCUT2D eigenvalue weighted by Crippen LogP contribution is -2.46. The van der Waals surface area contributed by atoms with Gasteiger partial charge in [0.2, 0.25) is 0 Å². The van der Waals surface area contributed by atoms with E-state index in [0.717, 1.165) is 11.1 Å². The molecule has 0 aliphatic carbocycles. The Labute approximate surface area is 248 Å². The van der Waals surface area contributed by atoms with Gasteiger partial charge in [-0.3, -0.25) is 4.90 Å². The fourth-order valence-electron chi connectivity index (χ4n) is 4.62. The van der Waals surface area contributed by atoms with Crippen LogP contribution < -0.4 is 5.32 Å². The van der Waals surface area contributed by atoms with Gasteiger partial charge in [-0.05, 0) is 38.3 Å². The topological polar surface area (TPSA) is 122 Å². The molecular weight excluding hydrogens is 560 g/mol. The average Bonchev–Trinajstić information content (AvgIpc) is 3.42. The maximum absolute atomic E-state index is 13.0. The first kappa shape index (κ1) is 33.1. The van der Waals surface area contributed by atoms with Gasteiger partial charge in [0.15, 0.2) is 0 Å². The monoisotopic (exact) mass is 602 g/mol. The minimum atomic E-state index is -2.81. The minimum absolute atomic E-state index is 0.00118. The third kappa shape index (κ3) is 10.4. The van der Waals surface area contributed by atoms with Gasteiger partial charge in [-0.2, -0.15) is 0 Å². The lowest BCUT2D eigenvalue weighted by Gasteiger charge is -2.28. The summed E-state index contributed by atoms with van der Waals surface area (Å²) in [4.78, 5) is 39.9. The van der Waals surface area contributed by atoms with Gasteiger partial charge in [-0.1, -0.05) is 60.7 Å². The van der Waals surface area contributed by atoms with Crippen molar-refractivity contribution in [3.8, 4) is 0 Å². The van der Waals surface area contributed by atoms with Crippen molar-refractivity contribution >= 4 is 27.0 Å². The molecule has 0 spiro atoms. The van der Waals surface area contributed by atoms with Crippen LogP contribution in [0.3, 0.4) is 0 Å². The highest BCUT2D eigenvalue weighted by atomic mass is 28.4. The molecule has 2 atom stereocenters. The molecule has 3 rings (SSSR count). The number of rotatable bonds is 16. The van der Waals surface area contributed by atoms with Crippen LogP contribution in [0.1, 0.15) is 44.7 Å². The van der Waals surface area contributed by atoms with Gasteiger partial charge in [-0.25, -0.2) is 14.4 Å². The largest absolute Gasteiger partial charge is 0.500 e. The van der Waals surface area contributed by atoms with Crippen LogP contribution in [0.5, 0.6) is 0 Å². The highest BCUT2D eigenvalue weighted by Gasteiger charge is 2.43. The molecule has 0 saturated carbocycles. The van der Waals surface area contributed by atoms with E-state index in [-0.39, 0.29) is 26.2 Å². The van der Waals surface area contributed by atoms with Crippen molar-refractivity contribution in [3.05, 3.63) is 71.8 Å². The van der Waals surface area contributed by atoms with Crippen LogP contribution in [-0.4, -0.2) is 76.9 Å². The van der Waals surface area contributed by atoms with E-state index in [4.69, 9.17) is 27.5 Å². The Balaban J connectivity index is 1.55. The van der Waals surface area contributed by atoms with Gasteiger partial charge >= 0.3 is 27.0 Å². The summed E-state index contributed by atoms with van der Waals surface area (Å²) in [5, 5.41) is 2.73. The third-order valence-electron chi connectivity index (χ3n) is 6.49. The Hall–Kier alpha value is -3.45. The number of carbonyl (C=O) groups is 3. The van der Waals surface area contributed by atoms with Crippen molar-refractivity contribution in [1.82, 2.24) is 10.2 Å². The molecule has 42 heavy (non-hydrogen) atoms. The Morgan fingerprint density at radius 3 is 1.93 bits per heavy atom. The quantitative estimate of drug-likeness (QED) is 0.126. The molecule has 1 fully saturated rings. The number of benzene rings is 2. The van der Waals surface area contributed by atoms with Crippen LogP contribution in [0.25, 0.3) is 0 Å². The Morgan fingerprint density at radius 1 is 0.833 bits per heavy atom. The van der Waals surface area contributed by atoms with Crippen molar-refractivity contribution in [1.29, 1.82) is 0 Å². The SMILES string of the molecule is CCO[Si](CCCNC(=O)O[C@@H]1C[C@@H](C(=O)OCc2ccccc2)N(C(=O)OCc2ccccc2)C1)(OCC)OCC. The van der Waals surface area contributed by atoms with E-state index in [1.54, 1.807) is 0 Å². The third-order valence-corrected chi connectivity index (χ3v) is 9.65. The van der Waals surface area contributed by atoms with Crippen LogP contribution in [0.15, 0.2) is 60.7 Å². The second-order valence-electron chi connectivity index (χ2n) is 9.58. The molecule has 1 aliphatic rings. The predicted octanol–water partition coefficient (Wildman–Crippen LogP) is 4.67.